The van der Waals surface area contributed by atoms with Crippen molar-refractivity contribution in [2.75, 3.05) is 12.3 Å². The highest BCUT2D eigenvalue weighted by atomic mass is 32.2. The summed E-state index contributed by atoms with van der Waals surface area (Å²) in [5.41, 5.74) is 2.42. The molecular formula is C16H28N2S. The van der Waals surface area contributed by atoms with Gasteiger partial charge in [0.25, 0.3) is 0 Å². The molecule has 0 aliphatic rings. The Balaban J connectivity index is 2.16. The summed E-state index contributed by atoms with van der Waals surface area (Å²) >= 11 is 1.85. The molecular weight excluding hydrogens is 252 g/mol. The zero-order chi connectivity index (χ0) is 14.1. The third-order valence-corrected chi connectivity index (χ3v) is 4.07. The molecule has 0 bridgehead atoms. The summed E-state index contributed by atoms with van der Waals surface area (Å²) in [6, 6.07) is 4.93. The molecule has 0 saturated carbocycles. The van der Waals surface area contributed by atoms with Gasteiger partial charge in [-0.05, 0) is 44.9 Å². The second kappa shape index (κ2) is 9.38. The highest BCUT2D eigenvalue weighted by molar-refractivity contribution is 7.99. The fourth-order valence-corrected chi connectivity index (χ4v) is 3.05. The van der Waals surface area contributed by atoms with E-state index in [1.54, 1.807) is 0 Å². The van der Waals surface area contributed by atoms with Gasteiger partial charge in [-0.25, -0.2) is 4.98 Å². The Morgan fingerprint density at radius 2 is 2.05 bits per heavy atom. The summed E-state index contributed by atoms with van der Waals surface area (Å²) in [4.78, 5) is 4.55. The topological polar surface area (TPSA) is 24.9 Å². The quantitative estimate of drug-likeness (QED) is 0.538. The number of rotatable bonds is 9. The van der Waals surface area contributed by atoms with Crippen molar-refractivity contribution in [2.45, 2.75) is 64.4 Å². The van der Waals surface area contributed by atoms with Crippen molar-refractivity contribution in [3.8, 4) is 0 Å². The van der Waals surface area contributed by atoms with Crippen LogP contribution in [0.4, 0.5) is 0 Å². The first-order chi connectivity index (χ1) is 9.11. The van der Waals surface area contributed by atoms with Crippen molar-refractivity contribution in [3.63, 3.8) is 0 Å². The fraction of sp³-hybridized carbons (Fsp3) is 0.688. The van der Waals surface area contributed by atoms with Crippen LogP contribution < -0.4 is 5.32 Å². The van der Waals surface area contributed by atoms with Crippen molar-refractivity contribution in [2.24, 2.45) is 0 Å². The van der Waals surface area contributed by atoms with Crippen molar-refractivity contribution < 1.29 is 0 Å². The van der Waals surface area contributed by atoms with Gasteiger partial charge in [0.2, 0.25) is 0 Å². The predicted molar refractivity (Wildman–Crippen MR) is 86.0 cm³/mol. The summed E-state index contributed by atoms with van der Waals surface area (Å²) in [5.74, 6) is 1.09. The molecule has 0 radical (unpaired) electrons. The van der Waals surface area contributed by atoms with E-state index < -0.39 is 0 Å². The maximum Gasteiger partial charge on any atom is 0.0966 e. The lowest BCUT2D eigenvalue weighted by molar-refractivity contribution is 0.502. The summed E-state index contributed by atoms with van der Waals surface area (Å²) in [7, 11) is 0. The number of hydrogen-bond acceptors (Lipinski definition) is 3. The first kappa shape index (κ1) is 16.5. The largest absolute Gasteiger partial charge is 0.313 e. The average molecular weight is 280 g/mol. The standard InChI is InChI=1S/C16H28N2S/c1-5-6-7-8-14(3)17-9-10-19-16-12-13(2)11-15(4)18-16/h11-12,14,17H,5-10H2,1-4H3. The smallest absolute Gasteiger partial charge is 0.0966 e. The molecule has 0 aliphatic heterocycles. The monoisotopic (exact) mass is 280 g/mol. The Labute approximate surface area is 122 Å². The third-order valence-electron chi connectivity index (χ3n) is 3.16. The first-order valence-corrected chi connectivity index (χ1v) is 8.42. The molecule has 0 aliphatic carbocycles. The Bertz CT molecular complexity index is 346. The minimum atomic E-state index is 0.638. The molecule has 108 valence electrons. The fourth-order valence-electron chi connectivity index (χ4n) is 2.14. The number of nitrogens with one attached hydrogen (secondary N) is 1. The number of pyridine rings is 1. The lowest BCUT2D eigenvalue weighted by Crippen LogP contribution is -2.28. The number of unbranched alkanes of at least 4 members (excludes halogenated alkanes) is 2. The lowest BCUT2D eigenvalue weighted by atomic mass is 10.1. The zero-order valence-electron chi connectivity index (χ0n) is 12.8. The summed E-state index contributed by atoms with van der Waals surface area (Å²) in [6.07, 6.45) is 5.30. The summed E-state index contributed by atoms with van der Waals surface area (Å²) < 4.78 is 0. The number of thioether (sulfide) groups is 1. The molecule has 1 atom stereocenters. The number of nitrogens with zero attached hydrogens (tertiary/aromatic N) is 1. The second-order valence-electron chi connectivity index (χ2n) is 5.32. The number of aromatic nitrogens is 1. The van der Waals surface area contributed by atoms with Crippen LogP contribution in [-0.4, -0.2) is 23.3 Å². The maximum absolute atomic E-state index is 4.55. The normalized spacial score (nSPS) is 12.6. The second-order valence-corrected chi connectivity index (χ2v) is 6.44. The molecule has 1 heterocycles. The molecule has 3 heteroatoms. The van der Waals surface area contributed by atoms with E-state index in [-0.39, 0.29) is 0 Å². The summed E-state index contributed by atoms with van der Waals surface area (Å²) in [6.45, 7) is 9.80. The SMILES string of the molecule is CCCCCC(C)NCCSc1cc(C)cc(C)n1. The van der Waals surface area contributed by atoms with Crippen LogP contribution in [0, 0.1) is 13.8 Å². The van der Waals surface area contributed by atoms with Crippen LogP contribution in [0.15, 0.2) is 17.2 Å². The van der Waals surface area contributed by atoms with E-state index in [0.29, 0.717) is 6.04 Å². The Morgan fingerprint density at radius 3 is 2.74 bits per heavy atom. The molecule has 1 N–H and O–H groups in total. The number of hydrogen-bond donors (Lipinski definition) is 1. The van der Waals surface area contributed by atoms with Gasteiger partial charge in [-0.15, -0.1) is 11.8 Å². The van der Waals surface area contributed by atoms with Gasteiger partial charge in [0.1, 0.15) is 0 Å². The molecule has 0 saturated heterocycles. The molecule has 1 aromatic rings. The van der Waals surface area contributed by atoms with E-state index in [0.717, 1.165) is 23.0 Å². The number of aryl methyl sites for hydroxylation is 2. The van der Waals surface area contributed by atoms with Crippen LogP contribution in [0.25, 0.3) is 0 Å². The van der Waals surface area contributed by atoms with Crippen molar-refractivity contribution in [3.05, 3.63) is 23.4 Å². The van der Waals surface area contributed by atoms with Gasteiger partial charge in [0, 0.05) is 24.0 Å². The van der Waals surface area contributed by atoms with E-state index in [1.807, 2.05) is 11.8 Å². The van der Waals surface area contributed by atoms with Crippen LogP contribution in [0.3, 0.4) is 0 Å². The molecule has 0 spiro atoms. The Morgan fingerprint density at radius 1 is 1.26 bits per heavy atom. The van der Waals surface area contributed by atoms with Crippen LogP contribution in [0.5, 0.6) is 0 Å². The van der Waals surface area contributed by atoms with Gasteiger partial charge in [-0.2, -0.15) is 0 Å². The lowest BCUT2D eigenvalue weighted by Gasteiger charge is -2.13. The van der Waals surface area contributed by atoms with Crippen LogP contribution in [0.2, 0.25) is 0 Å². The molecule has 19 heavy (non-hydrogen) atoms. The maximum atomic E-state index is 4.55. The molecule has 0 fully saturated rings. The van der Waals surface area contributed by atoms with Gasteiger partial charge in [0.05, 0.1) is 5.03 Å². The van der Waals surface area contributed by atoms with Gasteiger partial charge in [0.15, 0.2) is 0 Å². The van der Waals surface area contributed by atoms with Gasteiger partial charge < -0.3 is 5.32 Å². The minimum absolute atomic E-state index is 0.638. The Hall–Kier alpha value is -0.540. The van der Waals surface area contributed by atoms with Gasteiger partial charge >= 0.3 is 0 Å². The van der Waals surface area contributed by atoms with Crippen LogP contribution >= 0.6 is 11.8 Å². The van der Waals surface area contributed by atoms with Gasteiger partial charge in [-0.3, -0.25) is 0 Å². The minimum Gasteiger partial charge on any atom is -0.313 e. The molecule has 1 rings (SSSR count). The van der Waals surface area contributed by atoms with Crippen LogP contribution in [0.1, 0.15) is 50.8 Å². The zero-order valence-corrected chi connectivity index (χ0v) is 13.6. The molecule has 1 unspecified atom stereocenters. The van der Waals surface area contributed by atoms with Gasteiger partial charge in [-0.1, -0.05) is 26.2 Å². The van der Waals surface area contributed by atoms with Crippen molar-refractivity contribution in [1.82, 2.24) is 10.3 Å². The third kappa shape index (κ3) is 7.58. The molecule has 0 amide bonds. The van der Waals surface area contributed by atoms with E-state index in [4.69, 9.17) is 0 Å². The molecule has 0 aromatic carbocycles. The Kier molecular flexibility index (Phi) is 8.15. The molecule has 1 aromatic heterocycles. The van der Waals surface area contributed by atoms with Crippen molar-refractivity contribution in [1.29, 1.82) is 0 Å². The van der Waals surface area contributed by atoms with E-state index in [9.17, 15) is 0 Å². The van der Waals surface area contributed by atoms with E-state index in [1.165, 1.54) is 31.2 Å². The van der Waals surface area contributed by atoms with E-state index in [2.05, 4.69) is 50.1 Å². The average Bonchev–Trinajstić information content (AvgIpc) is 2.34. The molecule has 2 nitrogen and oxygen atoms in total. The highest BCUT2D eigenvalue weighted by Crippen LogP contribution is 2.17. The first-order valence-electron chi connectivity index (χ1n) is 7.43. The predicted octanol–water partition coefficient (Wildman–Crippen LogP) is 4.35. The van der Waals surface area contributed by atoms with Crippen molar-refractivity contribution >= 4 is 11.8 Å². The highest BCUT2D eigenvalue weighted by Gasteiger charge is 2.02. The van der Waals surface area contributed by atoms with Crippen LogP contribution in [-0.2, 0) is 0 Å². The van der Waals surface area contributed by atoms with E-state index >= 15 is 0 Å². The summed E-state index contributed by atoms with van der Waals surface area (Å²) in [5, 5.41) is 4.74.